The molecule has 1 heterocycles. The molecule has 0 unspecified atom stereocenters. The van der Waals surface area contributed by atoms with Gasteiger partial charge < -0.3 is 30.0 Å². The summed E-state index contributed by atoms with van der Waals surface area (Å²) in [6.45, 7) is 11.2. The number of hydrogen-bond acceptors (Lipinski definition) is 9. The highest BCUT2D eigenvalue weighted by molar-refractivity contribution is 7.15. The number of nitrogens with zero attached hydrogens (tertiary/aromatic N) is 1. The first-order chi connectivity index (χ1) is 16.0. The lowest BCUT2D eigenvalue weighted by atomic mass is 10.1. The Hall–Kier alpha value is -2.08. The van der Waals surface area contributed by atoms with Gasteiger partial charge in [-0.25, -0.2) is 4.98 Å². The normalized spacial score (nSPS) is 11.0. The number of amides is 1. The van der Waals surface area contributed by atoms with Crippen LogP contribution in [0.4, 0.5) is 10.8 Å². The molecule has 2 rings (SSSR count). The number of carbonyl (C=O) groups is 1. The van der Waals surface area contributed by atoms with Crippen LogP contribution in [0.25, 0.3) is 0 Å². The molecule has 0 radical (unpaired) electrons. The number of aryl methyl sites for hydroxylation is 3. The zero-order valence-corrected chi connectivity index (χ0v) is 20.6. The van der Waals surface area contributed by atoms with Crippen LogP contribution in [0.5, 0.6) is 0 Å². The number of aromatic nitrogens is 1. The minimum atomic E-state index is -0.162. The van der Waals surface area contributed by atoms with Gasteiger partial charge in [-0.3, -0.25) is 10.1 Å². The van der Waals surface area contributed by atoms with Gasteiger partial charge in [0.1, 0.15) is 0 Å². The Kier molecular flexibility index (Phi) is 12.9. The maximum absolute atomic E-state index is 12.7. The standard InChI is InChI=1S/C23H36N4O5S/c1-17-4-5-20(16-21(17)22(28)27-23-26-18(2)19(3)33-23)25-7-9-30-11-13-32-15-14-31-12-10-29-8-6-24/h4-5,16,25H,6-15,24H2,1-3H3,(H,26,27,28). The Labute approximate surface area is 200 Å². The van der Waals surface area contributed by atoms with E-state index >= 15 is 0 Å². The number of rotatable bonds is 17. The third-order valence-electron chi connectivity index (χ3n) is 4.68. The highest BCUT2D eigenvalue weighted by atomic mass is 32.1. The van der Waals surface area contributed by atoms with E-state index in [1.807, 2.05) is 39.0 Å². The third-order valence-corrected chi connectivity index (χ3v) is 5.67. The Bertz CT molecular complexity index is 827. The fraction of sp³-hybridized carbons (Fsp3) is 0.565. The molecule has 0 aliphatic rings. The van der Waals surface area contributed by atoms with Crippen LogP contribution in [0, 0.1) is 20.8 Å². The number of nitrogens with one attached hydrogen (secondary N) is 2. The molecule has 0 spiro atoms. The van der Waals surface area contributed by atoms with Crippen LogP contribution in [0.15, 0.2) is 18.2 Å². The Balaban J connectivity index is 1.58. The van der Waals surface area contributed by atoms with Crippen molar-refractivity contribution in [1.29, 1.82) is 0 Å². The fourth-order valence-electron chi connectivity index (χ4n) is 2.78. The Morgan fingerprint density at radius 2 is 1.55 bits per heavy atom. The molecule has 0 atom stereocenters. The van der Waals surface area contributed by atoms with Gasteiger partial charge in [-0.2, -0.15) is 0 Å². The van der Waals surface area contributed by atoms with Crippen molar-refractivity contribution in [3.63, 3.8) is 0 Å². The maximum Gasteiger partial charge on any atom is 0.257 e. The lowest BCUT2D eigenvalue weighted by Crippen LogP contribution is -2.16. The average molecular weight is 481 g/mol. The van der Waals surface area contributed by atoms with Crippen LogP contribution in [0.2, 0.25) is 0 Å². The summed E-state index contributed by atoms with van der Waals surface area (Å²) >= 11 is 1.48. The largest absolute Gasteiger partial charge is 0.383 e. The summed E-state index contributed by atoms with van der Waals surface area (Å²) in [7, 11) is 0. The highest BCUT2D eigenvalue weighted by Crippen LogP contribution is 2.23. The number of thiazole rings is 1. The van der Waals surface area contributed by atoms with Gasteiger partial charge in [0.2, 0.25) is 0 Å². The van der Waals surface area contributed by atoms with E-state index < -0.39 is 0 Å². The summed E-state index contributed by atoms with van der Waals surface area (Å²) < 4.78 is 21.6. The SMILES string of the molecule is Cc1ccc(NCCOCCOCCOCCOCCN)cc1C(=O)Nc1nc(C)c(C)s1. The summed E-state index contributed by atoms with van der Waals surface area (Å²) in [4.78, 5) is 18.2. The smallest absolute Gasteiger partial charge is 0.257 e. The first-order valence-electron chi connectivity index (χ1n) is 11.1. The number of anilines is 2. The van der Waals surface area contributed by atoms with Crippen molar-refractivity contribution in [2.75, 3.05) is 76.6 Å². The van der Waals surface area contributed by atoms with Gasteiger partial charge in [0.05, 0.1) is 58.5 Å². The maximum atomic E-state index is 12.7. The van der Waals surface area contributed by atoms with E-state index in [1.54, 1.807) is 0 Å². The molecule has 1 amide bonds. The molecule has 0 bridgehead atoms. The quantitative estimate of drug-likeness (QED) is 0.296. The highest BCUT2D eigenvalue weighted by Gasteiger charge is 2.13. The molecule has 1 aromatic carbocycles. The predicted octanol–water partition coefficient (Wildman–Crippen LogP) is 2.76. The van der Waals surface area contributed by atoms with Crippen LogP contribution in [-0.2, 0) is 18.9 Å². The molecule has 0 saturated carbocycles. The third kappa shape index (κ3) is 10.6. The molecule has 9 nitrogen and oxygen atoms in total. The second-order valence-corrected chi connectivity index (χ2v) is 8.51. The van der Waals surface area contributed by atoms with Gasteiger partial charge in [0, 0.05) is 29.2 Å². The van der Waals surface area contributed by atoms with Gasteiger partial charge in [-0.05, 0) is 38.5 Å². The molecule has 0 aliphatic heterocycles. The van der Waals surface area contributed by atoms with Gasteiger partial charge in [0.15, 0.2) is 5.13 Å². The van der Waals surface area contributed by atoms with Crippen LogP contribution >= 0.6 is 11.3 Å². The van der Waals surface area contributed by atoms with Crippen molar-refractivity contribution >= 4 is 28.1 Å². The molecule has 4 N–H and O–H groups in total. The molecular formula is C23H36N4O5S. The Morgan fingerprint density at radius 1 is 0.939 bits per heavy atom. The van der Waals surface area contributed by atoms with E-state index in [1.165, 1.54) is 11.3 Å². The second kappa shape index (κ2) is 15.7. The van der Waals surface area contributed by atoms with Crippen LogP contribution in [-0.4, -0.2) is 76.8 Å². The molecule has 1 aromatic heterocycles. The molecule has 0 aliphatic carbocycles. The lowest BCUT2D eigenvalue weighted by Gasteiger charge is -2.11. The van der Waals surface area contributed by atoms with Crippen LogP contribution in [0.1, 0.15) is 26.5 Å². The predicted molar refractivity (Wildman–Crippen MR) is 132 cm³/mol. The van der Waals surface area contributed by atoms with Crippen molar-refractivity contribution in [1.82, 2.24) is 4.98 Å². The number of benzene rings is 1. The van der Waals surface area contributed by atoms with E-state index in [9.17, 15) is 4.79 Å². The molecule has 184 valence electrons. The summed E-state index contributed by atoms with van der Waals surface area (Å²) in [6.07, 6.45) is 0. The van der Waals surface area contributed by atoms with Crippen molar-refractivity contribution in [3.05, 3.63) is 39.9 Å². The van der Waals surface area contributed by atoms with Gasteiger partial charge in [-0.15, -0.1) is 11.3 Å². The monoisotopic (exact) mass is 480 g/mol. The van der Waals surface area contributed by atoms with E-state index in [0.29, 0.717) is 76.6 Å². The Morgan fingerprint density at radius 3 is 2.12 bits per heavy atom. The molecule has 10 heteroatoms. The van der Waals surface area contributed by atoms with Crippen molar-refractivity contribution in [2.24, 2.45) is 5.73 Å². The molecule has 0 fully saturated rings. The average Bonchev–Trinajstić information content (AvgIpc) is 3.11. The summed E-state index contributed by atoms with van der Waals surface area (Å²) in [5, 5.41) is 6.79. The molecule has 2 aromatic rings. The zero-order chi connectivity index (χ0) is 23.9. The number of carbonyl (C=O) groups excluding carboxylic acids is 1. The number of ether oxygens (including phenoxy) is 4. The van der Waals surface area contributed by atoms with Crippen LogP contribution < -0.4 is 16.4 Å². The zero-order valence-electron chi connectivity index (χ0n) is 19.8. The molecule has 33 heavy (non-hydrogen) atoms. The lowest BCUT2D eigenvalue weighted by molar-refractivity contribution is 0.0000721. The first-order valence-corrected chi connectivity index (χ1v) is 11.9. The van der Waals surface area contributed by atoms with E-state index in [-0.39, 0.29) is 5.91 Å². The molecular weight excluding hydrogens is 444 g/mol. The minimum absolute atomic E-state index is 0.162. The van der Waals surface area contributed by atoms with E-state index in [4.69, 9.17) is 24.7 Å². The second-order valence-electron chi connectivity index (χ2n) is 7.31. The minimum Gasteiger partial charge on any atom is -0.383 e. The summed E-state index contributed by atoms with van der Waals surface area (Å²) in [6, 6.07) is 5.73. The van der Waals surface area contributed by atoms with E-state index in [0.717, 1.165) is 21.8 Å². The number of hydrogen-bond donors (Lipinski definition) is 3. The van der Waals surface area contributed by atoms with Gasteiger partial charge >= 0.3 is 0 Å². The topological polar surface area (TPSA) is 117 Å². The fourth-order valence-corrected chi connectivity index (χ4v) is 3.59. The van der Waals surface area contributed by atoms with Crippen molar-refractivity contribution < 1.29 is 23.7 Å². The van der Waals surface area contributed by atoms with E-state index in [2.05, 4.69) is 15.6 Å². The molecule has 0 saturated heterocycles. The first kappa shape index (κ1) is 27.2. The summed E-state index contributed by atoms with van der Waals surface area (Å²) in [5.41, 5.74) is 8.66. The van der Waals surface area contributed by atoms with Crippen molar-refractivity contribution in [2.45, 2.75) is 20.8 Å². The van der Waals surface area contributed by atoms with Crippen LogP contribution in [0.3, 0.4) is 0 Å². The van der Waals surface area contributed by atoms with Crippen molar-refractivity contribution in [3.8, 4) is 0 Å². The van der Waals surface area contributed by atoms with Gasteiger partial charge in [0.25, 0.3) is 5.91 Å². The number of nitrogens with two attached hydrogens (primary N) is 1. The summed E-state index contributed by atoms with van der Waals surface area (Å²) in [5.74, 6) is -0.162. The van der Waals surface area contributed by atoms with Gasteiger partial charge in [-0.1, -0.05) is 6.07 Å².